The largest absolute Gasteiger partial charge is 0.390 e. The van der Waals surface area contributed by atoms with Crippen molar-refractivity contribution in [3.63, 3.8) is 0 Å². The van der Waals surface area contributed by atoms with Crippen molar-refractivity contribution < 1.29 is 19.3 Å². The van der Waals surface area contributed by atoms with E-state index in [1.54, 1.807) is 12.3 Å². The third-order valence-corrected chi connectivity index (χ3v) is 6.25. The fourth-order valence-corrected chi connectivity index (χ4v) is 4.46. The highest BCUT2D eigenvalue weighted by Gasteiger charge is 2.23. The minimum Gasteiger partial charge on any atom is -0.390 e. The topological polar surface area (TPSA) is 96.0 Å². The fourth-order valence-electron chi connectivity index (χ4n) is 4.46. The van der Waals surface area contributed by atoms with Crippen LogP contribution in [-0.2, 0) is 22.5 Å². The molecule has 2 heterocycles. The van der Waals surface area contributed by atoms with Crippen LogP contribution in [-0.4, -0.2) is 40.8 Å². The molecule has 0 saturated carbocycles. The van der Waals surface area contributed by atoms with E-state index in [1.165, 1.54) is 12.1 Å². The van der Waals surface area contributed by atoms with Gasteiger partial charge in [-0.2, -0.15) is 0 Å². The lowest BCUT2D eigenvalue weighted by Gasteiger charge is -2.16. The third-order valence-electron chi connectivity index (χ3n) is 6.25. The van der Waals surface area contributed by atoms with Gasteiger partial charge < -0.3 is 14.1 Å². The maximum atomic E-state index is 13.4. The Hall–Kier alpha value is -3.78. The molecule has 1 aromatic heterocycles. The van der Waals surface area contributed by atoms with Crippen LogP contribution in [0.1, 0.15) is 65.5 Å². The zero-order chi connectivity index (χ0) is 25.5. The SMILES string of the molecule is CC(C)c1c(C(=O)CCc2cccc([N+](=O)[O-])c2)cc(C=NOC2CCOC2)n1Cc1ccccc1. The van der Waals surface area contributed by atoms with Gasteiger partial charge in [-0.25, -0.2) is 0 Å². The molecule has 3 aromatic rings. The van der Waals surface area contributed by atoms with E-state index in [0.29, 0.717) is 31.7 Å². The van der Waals surface area contributed by atoms with Gasteiger partial charge in [0.05, 0.1) is 30.0 Å². The smallest absolute Gasteiger partial charge is 0.269 e. The molecule has 1 fully saturated rings. The Balaban J connectivity index is 1.61. The van der Waals surface area contributed by atoms with Crippen LogP contribution in [0.3, 0.4) is 0 Å². The number of hydrogen-bond donors (Lipinski definition) is 0. The molecule has 0 N–H and O–H groups in total. The Morgan fingerprint density at radius 1 is 1.19 bits per heavy atom. The van der Waals surface area contributed by atoms with Gasteiger partial charge in [0, 0.05) is 42.8 Å². The number of hydrogen-bond acceptors (Lipinski definition) is 6. The molecule has 1 aliphatic heterocycles. The third kappa shape index (κ3) is 6.26. The van der Waals surface area contributed by atoms with Crippen molar-refractivity contribution in [3.8, 4) is 0 Å². The number of nitrogens with zero attached hydrogens (tertiary/aromatic N) is 3. The molecular weight excluding hydrogens is 458 g/mol. The van der Waals surface area contributed by atoms with Crippen LogP contribution < -0.4 is 0 Å². The molecular formula is C28H31N3O5. The van der Waals surface area contributed by atoms with Crippen LogP contribution in [0.4, 0.5) is 5.69 Å². The summed E-state index contributed by atoms with van der Waals surface area (Å²) in [5.74, 6) is 0.0913. The van der Waals surface area contributed by atoms with Crippen LogP contribution >= 0.6 is 0 Å². The molecule has 1 unspecified atom stereocenters. The lowest BCUT2D eigenvalue weighted by Crippen LogP contribution is -2.13. The summed E-state index contributed by atoms with van der Waals surface area (Å²) in [5.41, 5.74) is 4.29. The first-order chi connectivity index (χ1) is 17.4. The van der Waals surface area contributed by atoms with Crippen LogP contribution in [0.15, 0.2) is 65.8 Å². The van der Waals surface area contributed by atoms with Crippen molar-refractivity contribution in [2.75, 3.05) is 13.2 Å². The lowest BCUT2D eigenvalue weighted by molar-refractivity contribution is -0.384. The fraction of sp³-hybridized carbons (Fsp3) is 0.357. The quantitative estimate of drug-likeness (QED) is 0.153. The first-order valence-corrected chi connectivity index (χ1v) is 12.2. The van der Waals surface area contributed by atoms with Gasteiger partial charge in [0.2, 0.25) is 0 Å². The Bertz CT molecular complexity index is 1230. The zero-order valence-corrected chi connectivity index (χ0v) is 20.6. The van der Waals surface area contributed by atoms with Gasteiger partial charge in [0.15, 0.2) is 11.9 Å². The molecule has 0 spiro atoms. The van der Waals surface area contributed by atoms with Crippen molar-refractivity contribution in [2.45, 2.75) is 51.7 Å². The molecule has 8 heteroatoms. The number of nitro benzene ring substituents is 1. The van der Waals surface area contributed by atoms with Crippen LogP contribution in [0.2, 0.25) is 0 Å². The van der Waals surface area contributed by atoms with E-state index in [-0.39, 0.29) is 29.9 Å². The number of aryl methyl sites for hydroxylation is 1. The minimum atomic E-state index is -0.419. The van der Waals surface area contributed by atoms with Gasteiger partial charge in [-0.1, -0.05) is 61.5 Å². The molecule has 36 heavy (non-hydrogen) atoms. The average Bonchev–Trinajstić information content (AvgIpc) is 3.52. The average molecular weight is 490 g/mol. The van der Waals surface area contributed by atoms with Crippen molar-refractivity contribution in [1.29, 1.82) is 0 Å². The molecule has 188 valence electrons. The summed E-state index contributed by atoms with van der Waals surface area (Å²) in [4.78, 5) is 29.7. The molecule has 0 radical (unpaired) electrons. The van der Waals surface area contributed by atoms with Gasteiger partial charge in [0.25, 0.3) is 5.69 Å². The van der Waals surface area contributed by atoms with Crippen molar-refractivity contribution >= 4 is 17.7 Å². The number of carbonyl (C=O) groups excluding carboxylic acids is 1. The summed E-state index contributed by atoms with van der Waals surface area (Å²) < 4.78 is 7.47. The number of nitro groups is 1. The van der Waals surface area contributed by atoms with E-state index in [4.69, 9.17) is 9.57 Å². The van der Waals surface area contributed by atoms with Crippen LogP contribution in [0, 0.1) is 10.1 Å². The lowest BCUT2D eigenvalue weighted by atomic mass is 9.98. The highest BCUT2D eigenvalue weighted by atomic mass is 16.7. The number of ketones is 1. The number of benzene rings is 2. The molecule has 0 amide bonds. The number of aromatic nitrogens is 1. The van der Waals surface area contributed by atoms with E-state index in [2.05, 4.69) is 35.7 Å². The molecule has 1 atom stereocenters. The number of Topliss-reactive ketones (excluding diaryl/α,β-unsaturated/α-hetero) is 1. The Labute approximate surface area is 210 Å². The minimum absolute atomic E-state index is 0.00298. The van der Waals surface area contributed by atoms with E-state index < -0.39 is 4.92 Å². The second kappa shape index (κ2) is 11.8. The van der Waals surface area contributed by atoms with Crippen LogP contribution in [0.25, 0.3) is 0 Å². The number of carbonyl (C=O) groups is 1. The number of non-ortho nitro benzene ring substituents is 1. The van der Waals surface area contributed by atoms with Gasteiger partial charge in [0.1, 0.15) is 0 Å². The molecule has 0 bridgehead atoms. The maximum Gasteiger partial charge on any atom is 0.269 e. The predicted molar refractivity (Wildman–Crippen MR) is 138 cm³/mol. The molecule has 0 aliphatic carbocycles. The van der Waals surface area contributed by atoms with Crippen LogP contribution in [0.5, 0.6) is 0 Å². The Kier molecular flexibility index (Phi) is 8.28. The highest BCUT2D eigenvalue weighted by molar-refractivity contribution is 5.99. The number of oxime groups is 1. The summed E-state index contributed by atoms with van der Waals surface area (Å²) in [7, 11) is 0. The molecule has 2 aromatic carbocycles. The maximum absolute atomic E-state index is 13.4. The predicted octanol–water partition coefficient (Wildman–Crippen LogP) is 5.52. The normalized spacial score (nSPS) is 15.6. The second-order valence-electron chi connectivity index (χ2n) is 9.27. The van der Waals surface area contributed by atoms with Gasteiger partial charge in [-0.3, -0.25) is 14.9 Å². The van der Waals surface area contributed by atoms with Crippen molar-refractivity contribution in [3.05, 3.63) is 98.9 Å². The molecule has 1 aliphatic rings. The Morgan fingerprint density at radius 2 is 1.97 bits per heavy atom. The molecule has 4 rings (SSSR count). The van der Waals surface area contributed by atoms with Gasteiger partial charge in [-0.15, -0.1) is 0 Å². The monoisotopic (exact) mass is 489 g/mol. The first-order valence-electron chi connectivity index (χ1n) is 12.2. The number of rotatable bonds is 11. The molecule has 1 saturated heterocycles. The zero-order valence-electron chi connectivity index (χ0n) is 20.6. The standard InChI is InChI=1S/C28H31N3O5/c1-20(2)28-26(27(32)12-11-21-9-6-10-23(15-21)31(33)34)16-24(17-29-36-25-13-14-35-19-25)30(28)18-22-7-4-3-5-8-22/h3-10,15-17,20,25H,11-14,18-19H2,1-2H3. The summed E-state index contributed by atoms with van der Waals surface area (Å²) in [5, 5.41) is 15.3. The Morgan fingerprint density at radius 3 is 2.67 bits per heavy atom. The second-order valence-corrected chi connectivity index (χ2v) is 9.27. The van der Waals surface area contributed by atoms with Crippen molar-refractivity contribution in [1.82, 2.24) is 4.57 Å². The van der Waals surface area contributed by atoms with E-state index in [1.807, 2.05) is 30.3 Å². The highest BCUT2D eigenvalue weighted by Crippen LogP contribution is 2.27. The van der Waals surface area contributed by atoms with Crippen molar-refractivity contribution in [2.24, 2.45) is 5.16 Å². The summed E-state index contributed by atoms with van der Waals surface area (Å²) in [6.07, 6.45) is 3.10. The summed E-state index contributed by atoms with van der Waals surface area (Å²) >= 11 is 0. The van der Waals surface area contributed by atoms with Gasteiger partial charge >= 0.3 is 0 Å². The van der Waals surface area contributed by atoms with E-state index in [9.17, 15) is 14.9 Å². The van der Waals surface area contributed by atoms with E-state index in [0.717, 1.165) is 28.9 Å². The van der Waals surface area contributed by atoms with E-state index >= 15 is 0 Å². The van der Waals surface area contributed by atoms with Gasteiger partial charge in [-0.05, 0) is 29.5 Å². The summed E-state index contributed by atoms with van der Waals surface area (Å²) in [6, 6.07) is 18.4. The first kappa shape index (κ1) is 25.3. The summed E-state index contributed by atoms with van der Waals surface area (Å²) in [6.45, 7) is 5.94. The molecule has 8 nitrogen and oxygen atoms in total. The number of ether oxygens (including phenoxy) is 1.